The molecule has 0 unspecified atom stereocenters. The van der Waals surface area contributed by atoms with E-state index in [1.807, 2.05) is 4.90 Å². The third kappa shape index (κ3) is 2.68. The minimum atomic E-state index is 0.181. The summed E-state index contributed by atoms with van der Waals surface area (Å²) >= 11 is 3.71. The van der Waals surface area contributed by atoms with Gasteiger partial charge in [-0.3, -0.25) is 4.79 Å². The number of carbonyl (C=O) groups is 1. The molecule has 0 saturated carbocycles. The first kappa shape index (κ1) is 9.86. The summed E-state index contributed by atoms with van der Waals surface area (Å²) in [6, 6.07) is 0. The van der Waals surface area contributed by atoms with Gasteiger partial charge in [-0.15, -0.1) is 0 Å². The van der Waals surface area contributed by atoms with Gasteiger partial charge in [0.25, 0.3) is 0 Å². The Morgan fingerprint density at radius 2 is 2.17 bits per heavy atom. The van der Waals surface area contributed by atoms with Gasteiger partial charge in [0.05, 0.1) is 6.61 Å². The zero-order chi connectivity index (χ0) is 8.97. The van der Waals surface area contributed by atoms with Gasteiger partial charge in [-0.05, 0) is 31.7 Å². The third-order valence-electron chi connectivity index (χ3n) is 2.37. The summed E-state index contributed by atoms with van der Waals surface area (Å²) in [5.74, 6) is 0.762. The van der Waals surface area contributed by atoms with Crippen LogP contribution in [0, 0.1) is 5.92 Å². The maximum atomic E-state index is 10.9. The largest absolute Gasteiger partial charge is 0.343 e. The van der Waals surface area contributed by atoms with Gasteiger partial charge in [0.1, 0.15) is 0 Å². The van der Waals surface area contributed by atoms with Crippen LogP contribution in [0.3, 0.4) is 0 Å². The van der Waals surface area contributed by atoms with E-state index in [-0.39, 0.29) is 5.91 Å². The van der Waals surface area contributed by atoms with E-state index in [4.69, 9.17) is 4.18 Å². The van der Waals surface area contributed by atoms with Crippen molar-refractivity contribution in [2.45, 2.75) is 19.8 Å². The second-order valence-corrected chi connectivity index (χ2v) is 3.50. The molecule has 0 atom stereocenters. The lowest BCUT2D eigenvalue weighted by atomic mass is 9.98. The van der Waals surface area contributed by atoms with Crippen LogP contribution in [0.1, 0.15) is 19.8 Å². The first-order chi connectivity index (χ1) is 5.74. The van der Waals surface area contributed by atoms with Crippen molar-refractivity contribution in [3.8, 4) is 0 Å². The highest BCUT2D eigenvalue weighted by Crippen LogP contribution is 2.17. The van der Waals surface area contributed by atoms with E-state index >= 15 is 0 Å². The van der Waals surface area contributed by atoms with Crippen LogP contribution in [-0.4, -0.2) is 30.5 Å². The van der Waals surface area contributed by atoms with E-state index in [9.17, 15) is 4.79 Å². The highest BCUT2D eigenvalue weighted by atomic mass is 32.1. The van der Waals surface area contributed by atoms with E-state index < -0.39 is 0 Å². The lowest BCUT2D eigenvalue weighted by Gasteiger charge is -2.30. The molecule has 1 heterocycles. The number of hydrogen-bond acceptors (Lipinski definition) is 3. The van der Waals surface area contributed by atoms with Gasteiger partial charge in [0.15, 0.2) is 0 Å². The Kier molecular flexibility index (Phi) is 3.88. The van der Waals surface area contributed by atoms with Crippen molar-refractivity contribution >= 4 is 18.8 Å². The van der Waals surface area contributed by atoms with E-state index in [0.29, 0.717) is 12.5 Å². The molecule has 0 bridgehead atoms. The molecule has 1 aliphatic rings. The molecule has 0 radical (unpaired) electrons. The first-order valence-electron chi connectivity index (χ1n) is 4.26. The maximum absolute atomic E-state index is 10.9. The Morgan fingerprint density at radius 3 is 2.58 bits per heavy atom. The molecule has 1 aliphatic heterocycles. The summed E-state index contributed by atoms with van der Waals surface area (Å²) in [6.45, 7) is 4.07. The van der Waals surface area contributed by atoms with Crippen LogP contribution < -0.4 is 0 Å². The van der Waals surface area contributed by atoms with Crippen molar-refractivity contribution in [2.24, 2.45) is 5.92 Å². The number of nitrogens with zero attached hydrogens (tertiary/aromatic N) is 1. The number of hydrogen-bond donors (Lipinski definition) is 1. The number of rotatable bonds is 2. The van der Waals surface area contributed by atoms with Crippen molar-refractivity contribution in [1.82, 2.24) is 4.90 Å². The second kappa shape index (κ2) is 4.72. The molecule has 12 heavy (non-hydrogen) atoms. The number of amides is 1. The monoisotopic (exact) mass is 189 g/mol. The molecule has 0 spiro atoms. The Labute approximate surface area is 78.7 Å². The van der Waals surface area contributed by atoms with Gasteiger partial charge in [-0.1, -0.05) is 0 Å². The summed E-state index contributed by atoms with van der Waals surface area (Å²) < 4.78 is 4.77. The van der Waals surface area contributed by atoms with Crippen LogP contribution >= 0.6 is 12.9 Å². The molecule has 0 aromatic carbocycles. The molecule has 0 aliphatic carbocycles. The van der Waals surface area contributed by atoms with Crippen molar-refractivity contribution in [1.29, 1.82) is 0 Å². The quantitative estimate of drug-likeness (QED) is 0.521. The maximum Gasteiger partial charge on any atom is 0.219 e. The van der Waals surface area contributed by atoms with Crippen LogP contribution in [0.15, 0.2) is 0 Å². The lowest BCUT2D eigenvalue weighted by molar-refractivity contribution is -0.130. The molecular formula is C8H15NO2S. The van der Waals surface area contributed by atoms with Crippen LogP contribution in [0.2, 0.25) is 0 Å². The van der Waals surface area contributed by atoms with Crippen LogP contribution in [0.5, 0.6) is 0 Å². The fourth-order valence-corrected chi connectivity index (χ4v) is 1.73. The van der Waals surface area contributed by atoms with E-state index in [0.717, 1.165) is 25.9 Å². The van der Waals surface area contributed by atoms with Crippen LogP contribution in [0.25, 0.3) is 0 Å². The molecule has 1 saturated heterocycles. The molecule has 4 heteroatoms. The lowest BCUT2D eigenvalue weighted by Crippen LogP contribution is -2.37. The van der Waals surface area contributed by atoms with Gasteiger partial charge >= 0.3 is 0 Å². The topological polar surface area (TPSA) is 29.5 Å². The molecular weight excluding hydrogens is 174 g/mol. The summed E-state index contributed by atoms with van der Waals surface area (Å²) in [6.07, 6.45) is 2.08. The average Bonchev–Trinajstić information content (AvgIpc) is 2.06. The zero-order valence-corrected chi connectivity index (χ0v) is 8.22. The summed E-state index contributed by atoms with van der Waals surface area (Å²) in [5, 5.41) is 0. The second-order valence-electron chi connectivity index (χ2n) is 3.25. The van der Waals surface area contributed by atoms with Gasteiger partial charge in [0.2, 0.25) is 5.91 Å². The van der Waals surface area contributed by atoms with Crippen molar-refractivity contribution in [2.75, 3.05) is 19.7 Å². The van der Waals surface area contributed by atoms with Crippen LogP contribution in [-0.2, 0) is 8.98 Å². The summed E-state index contributed by atoms with van der Waals surface area (Å²) in [5.41, 5.74) is 0. The Balaban J connectivity index is 2.25. The first-order valence-corrected chi connectivity index (χ1v) is 4.62. The number of piperidine rings is 1. The average molecular weight is 189 g/mol. The fraction of sp³-hybridized carbons (Fsp3) is 0.875. The fourth-order valence-electron chi connectivity index (χ4n) is 1.52. The number of likely N-dealkylation sites (tertiary alicyclic amines) is 1. The third-order valence-corrected chi connectivity index (χ3v) is 2.52. The van der Waals surface area contributed by atoms with E-state index in [1.54, 1.807) is 6.92 Å². The number of carbonyl (C=O) groups excluding carboxylic acids is 1. The van der Waals surface area contributed by atoms with Gasteiger partial charge < -0.3 is 9.08 Å². The minimum Gasteiger partial charge on any atom is -0.343 e. The van der Waals surface area contributed by atoms with Crippen LogP contribution in [0.4, 0.5) is 0 Å². The normalized spacial score (nSPS) is 19.7. The Morgan fingerprint density at radius 1 is 1.58 bits per heavy atom. The predicted octanol–water partition coefficient (Wildman–Crippen LogP) is 1.11. The van der Waals surface area contributed by atoms with Gasteiger partial charge in [-0.25, -0.2) is 0 Å². The molecule has 1 fully saturated rings. The van der Waals surface area contributed by atoms with Gasteiger partial charge in [-0.2, -0.15) is 0 Å². The minimum absolute atomic E-state index is 0.181. The molecule has 70 valence electrons. The molecule has 3 nitrogen and oxygen atoms in total. The SMILES string of the molecule is CC(=O)N1CCC(COS)CC1. The van der Waals surface area contributed by atoms with Gasteiger partial charge in [0, 0.05) is 20.0 Å². The molecule has 1 rings (SSSR count). The Bertz CT molecular complexity index is 155. The molecule has 1 amide bonds. The van der Waals surface area contributed by atoms with Crippen molar-refractivity contribution < 1.29 is 8.98 Å². The summed E-state index contributed by atoms with van der Waals surface area (Å²) in [4.78, 5) is 12.8. The Hall–Kier alpha value is -0.220. The highest BCUT2D eigenvalue weighted by Gasteiger charge is 2.20. The highest BCUT2D eigenvalue weighted by molar-refractivity contribution is 7.75. The summed E-state index contributed by atoms with van der Waals surface area (Å²) in [7, 11) is 0. The smallest absolute Gasteiger partial charge is 0.219 e. The zero-order valence-electron chi connectivity index (χ0n) is 7.32. The molecule has 0 N–H and O–H groups in total. The van der Waals surface area contributed by atoms with E-state index in [1.165, 1.54) is 0 Å². The van der Waals surface area contributed by atoms with Crippen molar-refractivity contribution in [3.63, 3.8) is 0 Å². The predicted molar refractivity (Wildman–Crippen MR) is 49.9 cm³/mol. The van der Waals surface area contributed by atoms with E-state index in [2.05, 4.69) is 12.9 Å². The van der Waals surface area contributed by atoms with Crippen molar-refractivity contribution in [3.05, 3.63) is 0 Å². The standard InChI is InChI=1S/C8H15NO2S/c1-7(10)9-4-2-8(3-5-9)6-11-12/h8,12H,2-6H2,1H3. The number of thiol groups is 1. The molecule has 0 aromatic heterocycles. The molecule has 0 aromatic rings.